The molecule has 2 fully saturated rings. The van der Waals surface area contributed by atoms with Crippen molar-refractivity contribution in [2.45, 2.75) is 76.6 Å². The van der Waals surface area contributed by atoms with Crippen LogP contribution >= 0.6 is 0 Å². The molecule has 0 aromatic heterocycles. The molecule has 2 aliphatic heterocycles. The van der Waals surface area contributed by atoms with Crippen molar-refractivity contribution in [1.29, 1.82) is 0 Å². The van der Waals surface area contributed by atoms with Crippen molar-refractivity contribution in [3.63, 3.8) is 0 Å². The fourth-order valence-corrected chi connectivity index (χ4v) is 5.04. The Hall–Kier alpha value is -2.94. The summed E-state index contributed by atoms with van der Waals surface area (Å²) in [5.74, 6) is -1.84. The summed E-state index contributed by atoms with van der Waals surface area (Å²) in [6.45, 7) is 5.96. The number of nitrogens with one attached hydrogen (secondary N) is 2. The first kappa shape index (κ1) is 25.7. The number of nitrogens with zero attached hydrogens (tertiary/aromatic N) is 1. The first-order chi connectivity index (χ1) is 16.2. The molecular weight excluding hydrogens is 438 g/mol. The van der Waals surface area contributed by atoms with Gasteiger partial charge in [0.25, 0.3) is 0 Å². The number of carbonyl (C=O) groups is 4. The molecule has 0 spiro atoms. The minimum Gasteiger partial charge on any atom is -0.467 e. The maximum absolute atomic E-state index is 13.9. The highest BCUT2D eigenvalue weighted by molar-refractivity contribution is 5.96. The zero-order valence-electron chi connectivity index (χ0n) is 20.4. The minimum absolute atomic E-state index is 0.0968. The highest BCUT2D eigenvalue weighted by atomic mass is 16.6. The molecule has 3 unspecified atom stereocenters. The van der Waals surface area contributed by atoms with Gasteiger partial charge in [0.2, 0.25) is 11.8 Å². The van der Waals surface area contributed by atoms with Crippen LogP contribution in [0, 0.1) is 6.92 Å². The smallest absolute Gasteiger partial charge is 0.332 e. The maximum atomic E-state index is 13.9. The number of hydrogen-bond donors (Lipinski definition) is 2. The van der Waals surface area contributed by atoms with Crippen LogP contribution in [0.3, 0.4) is 0 Å². The van der Waals surface area contributed by atoms with Crippen LogP contribution in [0.1, 0.15) is 50.7 Å². The average Bonchev–Trinajstić information content (AvgIpc) is 3.47. The number of aryl methyl sites for hydroxylation is 1. The van der Waals surface area contributed by atoms with Crippen LogP contribution in [0.25, 0.3) is 0 Å². The van der Waals surface area contributed by atoms with E-state index in [-0.39, 0.29) is 11.9 Å². The van der Waals surface area contributed by atoms with Gasteiger partial charge in [0.15, 0.2) is 6.04 Å². The van der Waals surface area contributed by atoms with Crippen LogP contribution in [0.2, 0.25) is 0 Å². The van der Waals surface area contributed by atoms with Crippen molar-refractivity contribution in [2.24, 2.45) is 0 Å². The molecule has 9 nitrogen and oxygen atoms in total. The molecule has 9 heteroatoms. The molecule has 0 aliphatic carbocycles. The van der Waals surface area contributed by atoms with E-state index in [9.17, 15) is 19.2 Å². The normalized spacial score (nSPS) is 23.8. The predicted molar refractivity (Wildman–Crippen MR) is 125 cm³/mol. The molecule has 1 aromatic rings. The molecule has 34 heavy (non-hydrogen) atoms. The quantitative estimate of drug-likeness (QED) is 0.547. The number of benzene rings is 1. The number of methoxy groups -OCH3 is 1. The van der Waals surface area contributed by atoms with E-state index in [1.807, 2.05) is 31.2 Å². The van der Waals surface area contributed by atoms with E-state index in [1.54, 1.807) is 4.90 Å². The van der Waals surface area contributed by atoms with Crippen LogP contribution in [-0.4, -0.2) is 72.6 Å². The molecule has 2 amide bonds. The fourth-order valence-electron chi connectivity index (χ4n) is 5.04. The molecule has 4 atom stereocenters. The number of amides is 2. The first-order valence-corrected chi connectivity index (χ1v) is 11.8. The summed E-state index contributed by atoms with van der Waals surface area (Å²) in [5.41, 5.74) is 0.811. The largest absolute Gasteiger partial charge is 0.467 e. The van der Waals surface area contributed by atoms with E-state index < -0.39 is 35.5 Å². The number of likely N-dealkylation sites (tertiary alicyclic amines) is 1. The SMILES string of the molecule is COC(=O)C(NC(=O)C1(Cc2cccc(C)c2)CCCN1C(=O)[C@@H]1CCCN1)C(C)OC(C)=O. The van der Waals surface area contributed by atoms with Gasteiger partial charge in [-0.05, 0) is 51.6 Å². The lowest BCUT2D eigenvalue weighted by Crippen LogP contribution is -2.64. The van der Waals surface area contributed by atoms with E-state index in [1.165, 1.54) is 21.0 Å². The number of hydrogen-bond acceptors (Lipinski definition) is 7. The number of carbonyl (C=O) groups excluding carboxylic acids is 4. The van der Waals surface area contributed by atoms with E-state index in [0.717, 1.165) is 30.5 Å². The number of rotatable bonds is 8. The Morgan fingerprint density at radius 3 is 2.65 bits per heavy atom. The minimum atomic E-state index is -1.20. The summed E-state index contributed by atoms with van der Waals surface area (Å²) >= 11 is 0. The Labute approximate surface area is 200 Å². The summed E-state index contributed by atoms with van der Waals surface area (Å²) in [5, 5.41) is 6.00. The molecular formula is C25H35N3O6. The van der Waals surface area contributed by atoms with Gasteiger partial charge in [0.1, 0.15) is 11.6 Å². The molecule has 0 saturated carbocycles. The van der Waals surface area contributed by atoms with Crippen molar-refractivity contribution >= 4 is 23.8 Å². The van der Waals surface area contributed by atoms with Gasteiger partial charge in [-0.25, -0.2) is 4.79 Å². The lowest BCUT2D eigenvalue weighted by Gasteiger charge is -2.40. The highest BCUT2D eigenvalue weighted by Crippen LogP contribution is 2.35. The van der Waals surface area contributed by atoms with Crippen molar-refractivity contribution in [1.82, 2.24) is 15.5 Å². The van der Waals surface area contributed by atoms with E-state index >= 15 is 0 Å². The summed E-state index contributed by atoms with van der Waals surface area (Å²) in [6.07, 6.45) is 2.14. The summed E-state index contributed by atoms with van der Waals surface area (Å²) in [6, 6.07) is 6.33. The zero-order valence-corrected chi connectivity index (χ0v) is 20.4. The van der Waals surface area contributed by atoms with Gasteiger partial charge in [-0.1, -0.05) is 29.8 Å². The molecule has 3 rings (SSSR count). The average molecular weight is 474 g/mol. The van der Waals surface area contributed by atoms with Crippen LogP contribution < -0.4 is 10.6 Å². The third-order valence-electron chi connectivity index (χ3n) is 6.68. The Kier molecular flexibility index (Phi) is 8.30. The van der Waals surface area contributed by atoms with Crippen molar-refractivity contribution in [2.75, 3.05) is 20.2 Å². The second kappa shape index (κ2) is 11.0. The Balaban J connectivity index is 1.96. The van der Waals surface area contributed by atoms with Crippen LogP contribution in [0.4, 0.5) is 0 Å². The van der Waals surface area contributed by atoms with E-state index in [4.69, 9.17) is 9.47 Å². The maximum Gasteiger partial charge on any atom is 0.332 e. The van der Waals surface area contributed by atoms with Crippen molar-refractivity contribution in [3.8, 4) is 0 Å². The lowest BCUT2D eigenvalue weighted by atomic mass is 9.85. The van der Waals surface area contributed by atoms with Crippen LogP contribution in [-0.2, 0) is 35.1 Å². The number of ether oxygens (including phenoxy) is 2. The van der Waals surface area contributed by atoms with Gasteiger partial charge >= 0.3 is 11.9 Å². The Bertz CT molecular complexity index is 929. The van der Waals surface area contributed by atoms with Crippen LogP contribution in [0.15, 0.2) is 24.3 Å². The van der Waals surface area contributed by atoms with Gasteiger partial charge in [0, 0.05) is 19.9 Å². The lowest BCUT2D eigenvalue weighted by molar-refractivity contribution is -0.158. The molecule has 0 bridgehead atoms. The molecule has 2 saturated heterocycles. The summed E-state index contributed by atoms with van der Waals surface area (Å²) in [7, 11) is 1.21. The summed E-state index contributed by atoms with van der Waals surface area (Å²) in [4.78, 5) is 53.1. The second-order valence-electron chi connectivity index (χ2n) is 9.23. The fraction of sp³-hybridized carbons (Fsp3) is 0.600. The molecule has 2 aliphatic rings. The zero-order chi connectivity index (χ0) is 24.9. The van der Waals surface area contributed by atoms with Crippen molar-refractivity contribution in [3.05, 3.63) is 35.4 Å². The van der Waals surface area contributed by atoms with Gasteiger partial charge < -0.3 is 25.0 Å². The summed E-state index contributed by atoms with van der Waals surface area (Å²) < 4.78 is 10.0. The second-order valence-corrected chi connectivity index (χ2v) is 9.23. The van der Waals surface area contributed by atoms with Crippen LogP contribution in [0.5, 0.6) is 0 Å². The Morgan fingerprint density at radius 2 is 2.03 bits per heavy atom. The van der Waals surface area contributed by atoms with Crippen molar-refractivity contribution < 1.29 is 28.7 Å². The van der Waals surface area contributed by atoms with E-state index in [2.05, 4.69) is 10.6 Å². The first-order valence-electron chi connectivity index (χ1n) is 11.8. The van der Waals surface area contributed by atoms with Gasteiger partial charge in [-0.15, -0.1) is 0 Å². The topological polar surface area (TPSA) is 114 Å². The molecule has 186 valence electrons. The molecule has 0 radical (unpaired) electrons. The Morgan fingerprint density at radius 1 is 1.26 bits per heavy atom. The standard InChI is InChI=1S/C25H35N3O6/c1-16-8-5-9-19(14-16)15-25(11-7-13-28(25)22(30)20-10-6-12-26-20)24(32)27-21(23(31)33-4)17(2)34-18(3)29/h5,8-9,14,17,20-21,26H,6-7,10-13,15H2,1-4H3,(H,27,32)/t17?,20-,21?,25?/m0/s1. The van der Waals surface area contributed by atoms with E-state index in [0.29, 0.717) is 25.8 Å². The third-order valence-corrected chi connectivity index (χ3v) is 6.68. The monoisotopic (exact) mass is 473 g/mol. The van der Waals surface area contributed by atoms with Gasteiger partial charge in [-0.2, -0.15) is 0 Å². The predicted octanol–water partition coefficient (Wildman–Crippen LogP) is 1.26. The molecule has 2 heterocycles. The molecule has 1 aromatic carbocycles. The third kappa shape index (κ3) is 5.58. The van der Waals surface area contributed by atoms with Gasteiger partial charge in [-0.3, -0.25) is 14.4 Å². The molecule has 2 N–H and O–H groups in total. The number of esters is 2. The highest BCUT2D eigenvalue weighted by Gasteiger charge is 2.52. The van der Waals surface area contributed by atoms with Gasteiger partial charge in [0.05, 0.1) is 13.2 Å².